The Balaban J connectivity index is 1.85. The van der Waals surface area contributed by atoms with Gasteiger partial charge in [0, 0.05) is 25.7 Å². The first-order valence-electron chi connectivity index (χ1n) is 7.10. The second-order valence-electron chi connectivity index (χ2n) is 5.49. The first-order chi connectivity index (χ1) is 10.0. The van der Waals surface area contributed by atoms with E-state index < -0.39 is 10.0 Å². The molecule has 1 atom stereocenters. The van der Waals surface area contributed by atoms with Crippen LogP contribution < -0.4 is 4.74 Å². The number of ether oxygens (including phenoxy) is 1. The lowest BCUT2D eigenvalue weighted by Gasteiger charge is -2.36. The van der Waals surface area contributed by atoms with E-state index in [1.807, 2.05) is 0 Å². The Morgan fingerprint density at radius 3 is 2.81 bits per heavy atom. The molecular formula is C14H19BrN2O3S. The Kier molecular flexibility index (Phi) is 4.27. The fourth-order valence-electron chi connectivity index (χ4n) is 3.14. The summed E-state index contributed by atoms with van der Waals surface area (Å²) in [5.74, 6) is 0.634. The van der Waals surface area contributed by atoms with Gasteiger partial charge in [-0.2, -0.15) is 4.31 Å². The molecule has 116 valence electrons. The van der Waals surface area contributed by atoms with Crippen molar-refractivity contribution < 1.29 is 13.2 Å². The molecule has 7 heteroatoms. The van der Waals surface area contributed by atoms with E-state index in [1.54, 1.807) is 29.6 Å². The second-order valence-corrected chi connectivity index (χ2v) is 8.28. The molecule has 1 unspecified atom stereocenters. The van der Waals surface area contributed by atoms with Crippen LogP contribution in [0.4, 0.5) is 0 Å². The van der Waals surface area contributed by atoms with Crippen LogP contribution in [0.1, 0.15) is 12.8 Å². The topological polar surface area (TPSA) is 49.9 Å². The molecule has 2 saturated heterocycles. The lowest BCUT2D eigenvalue weighted by molar-refractivity contribution is 0.158. The van der Waals surface area contributed by atoms with Crippen LogP contribution in [0.15, 0.2) is 27.6 Å². The number of hydrogen-bond acceptors (Lipinski definition) is 4. The van der Waals surface area contributed by atoms with E-state index in [0.717, 1.165) is 19.5 Å². The minimum Gasteiger partial charge on any atom is -0.496 e. The Hall–Kier alpha value is -0.630. The van der Waals surface area contributed by atoms with Crippen molar-refractivity contribution in [1.29, 1.82) is 0 Å². The summed E-state index contributed by atoms with van der Waals surface area (Å²) in [5.41, 5.74) is 0. The van der Waals surface area contributed by atoms with Gasteiger partial charge in [0.1, 0.15) is 5.75 Å². The van der Waals surface area contributed by atoms with E-state index in [2.05, 4.69) is 20.8 Å². The van der Waals surface area contributed by atoms with Gasteiger partial charge in [0.15, 0.2) is 0 Å². The number of sulfonamides is 1. The van der Waals surface area contributed by atoms with Crippen molar-refractivity contribution in [3.63, 3.8) is 0 Å². The normalized spacial score (nSPS) is 24.0. The molecule has 2 aliphatic heterocycles. The lowest BCUT2D eigenvalue weighted by atomic mass is 10.2. The van der Waals surface area contributed by atoms with Crippen LogP contribution in [0.5, 0.6) is 5.75 Å². The summed E-state index contributed by atoms with van der Waals surface area (Å²) in [5, 5.41) is 0. The average molecular weight is 375 g/mol. The second kappa shape index (κ2) is 5.87. The molecule has 1 aromatic carbocycles. The molecule has 21 heavy (non-hydrogen) atoms. The third-order valence-electron chi connectivity index (χ3n) is 4.31. The Morgan fingerprint density at radius 1 is 1.29 bits per heavy atom. The van der Waals surface area contributed by atoms with E-state index in [4.69, 9.17) is 4.74 Å². The molecule has 0 amide bonds. The summed E-state index contributed by atoms with van der Waals surface area (Å²) in [4.78, 5) is 2.72. The highest BCUT2D eigenvalue weighted by atomic mass is 79.9. The number of fused-ring (bicyclic) bond motifs is 1. The molecule has 5 nitrogen and oxygen atoms in total. The van der Waals surface area contributed by atoms with E-state index in [9.17, 15) is 8.42 Å². The van der Waals surface area contributed by atoms with Gasteiger partial charge < -0.3 is 4.74 Å². The van der Waals surface area contributed by atoms with E-state index in [1.165, 1.54) is 6.42 Å². The summed E-state index contributed by atoms with van der Waals surface area (Å²) in [6.45, 7) is 3.11. The predicted octanol–water partition coefficient (Wildman–Crippen LogP) is 1.93. The lowest BCUT2D eigenvalue weighted by Crippen LogP contribution is -2.51. The van der Waals surface area contributed by atoms with Crippen LogP contribution in [-0.2, 0) is 10.0 Å². The zero-order valence-corrected chi connectivity index (χ0v) is 14.4. The van der Waals surface area contributed by atoms with Gasteiger partial charge in [0.2, 0.25) is 10.0 Å². The fourth-order valence-corrected chi connectivity index (χ4v) is 5.33. The SMILES string of the molecule is COc1ccc(S(=O)(=O)N2CCN3CCCC3C2)cc1Br. The van der Waals surface area contributed by atoms with Gasteiger partial charge in [-0.1, -0.05) is 0 Å². The monoisotopic (exact) mass is 374 g/mol. The van der Waals surface area contributed by atoms with E-state index >= 15 is 0 Å². The summed E-state index contributed by atoms with van der Waals surface area (Å²) in [7, 11) is -1.86. The van der Waals surface area contributed by atoms with Gasteiger partial charge in [-0.15, -0.1) is 0 Å². The maximum absolute atomic E-state index is 12.8. The smallest absolute Gasteiger partial charge is 0.243 e. The zero-order chi connectivity index (χ0) is 15.0. The minimum atomic E-state index is -3.43. The molecule has 2 aliphatic rings. The Labute approximate surface area is 134 Å². The maximum Gasteiger partial charge on any atom is 0.243 e. The molecule has 0 bridgehead atoms. The number of rotatable bonds is 3. The average Bonchev–Trinajstić information content (AvgIpc) is 2.94. The van der Waals surface area contributed by atoms with Crippen LogP contribution in [0.3, 0.4) is 0 Å². The van der Waals surface area contributed by atoms with Crippen LogP contribution in [0.25, 0.3) is 0 Å². The van der Waals surface area contributed by atoms with Gasteiger partial charge in [-0.05, 0) is 53.5 Å². The number of methoxy groups -OCH3 is 1. The number of benzene rings is 1. The van der Waals surface area contributed by atoms with E-state index in [0.29, 0.717) is 34.2 Å². The highest BCUT2D eigenvalue weighted by Gasteiger charge is 2.36. The minimum absolute atomic E-state index is 0.321. The molecule has 0 radical (unpaired) electrons. The highest BCUT2D eigenvalue weighted by molar-refractivity contribution is 9.10. The summed E-state index contributed by atoms with van der Waals surface area (Å²) in [6, 6.07) is 5.30. The molecule has 2 heterocycles. The predicted molar refractivity (Wildman–Crippen MR) is 84.0 cm³/mol. The first kappa shape index (κ1) is 15.3. The summed E-state index contributed by atoms with van der Waals surface area (Å²) >= 11 is 3.35. The molecule has 0 N–H and O–H groups in total. The summed E-state index contributed by atoms with van der Waals surface area (Å²) < 4.78 is 33.0. The van der Waals surface area contributed by atoms with Crippen LogP contribution in [-0.4, -0.2) is 57.0 Å². The van der Waals surface area contributed by atoms with Crippen LogP contribution in [0.2, 0.25) is 0 Å². The summed E-state index contributed by atoms with van der Waals surface area (Å²) in [6.07, 6.45) is 2.27. The van der Waals surface area contributed by atoms with E-state index in [-0.39, 0.29) is 0 Å². The Morgan fingerprint density at radius 2 is 2.10 bits per heavy atom. The molecule has 1 aromatic rings. The fraction of sp³-hybridized carbons (Fsp3) is 0.571. The zero-order valence-electron chi connectivity index (χ0n) is 12.0. The number of hydrogen-bond donors (Lipinski definition) is 0. The number of piperazine rings is 1. The third kappa shape index (κ3) is 2.84. The van der Waals surface area contributed by atoms with Crippen molar-refractivity contribution in [2.24, 2.45) is 0 Å². The quantitative estimate of drug-likeness (QED) is 0.810. The Bertz CT molecular complexity index is 635. The number of halogens is 1. The third-order valence-corrected chi connectivity index (χ3v) is 6.79. The van der Waals surface area contributed by atoms with Crippen molar-refractivity contribution in [2.75, 3.05) is 33.3 Å². The van der Waals surface area contributed by atoms with Gasteiger partial charge >= 0.3 is 0 Å². The maximum atomic E-state index is 12.8. The molecule has 0 aliphatic carbocycles. The van der Waals surface area contributed by atoms with Gasteiger partial charge in [-0.3, -0.25) is 4.90 Å². The molecule has 0 aromatic heterocycles. The van der Waals surface area contributed by atoms with Gasteiger partial charge in [0.25, 0.3) is 0 Å². The molecule has 2 fully saturated rings. The van der Waals surface area contributed by atoms with Gasteiger partial charge in [-0.25, -0.2) is 8.42 Å². The van der Waals surface area contributed by atoms with Crippen LogP contribution >= 0.6 is 15.9 Å². The van der Waals surface area contributed by atoms with Crippen molar-refractivity contribution in [3.8, 4) is 5.75 Å². The van der Waals surface area contributed by atoms with Crippen LogP contribution in [0, 0.1) is 0 Å². The largest absolute Gasteiger partial charge is 0.496 e. The number of nitrogens with zero attached hydrogens (tertiary/aromatic N) is 2. The van der Waals surface area contributed by atoms with Gasteiger partial charge in [0.05, 0.1) is 16.5 Å². The van der Waals surface area contributed by atoms with Crippen molar-refractivity contribution in [2.45, 2.75) is 23.8 Å². The molecule has 0 spiro atoms. The van der Waals surface area contributed by atoms with Crippen molar-refractivity contribution in [3.05, 3.63) is 22.7 Å². The first-order valence-corrected chi connectivity index (χ1v) is 9.33. The molecule has 3 rings (SSSR count). The molecule has 0 saturated carbocycles. The standard InChI is InChI=1S/C14H19BrN2O3S/c1-20-14-5-4-12(9-13(14)15)21(18,19)17-8-7-16-6-2-3-11(16)10-17/h4-5,9,11H,2-3,6-8,10H2,1H3. The molecular weight excluding hydrogens is 356 g/mol. The highest BCUT2D eigenvalue weighted by Crippen LogP contribution is 2.30. The van der Waals surface area contributed by atoms with Crippen molar-refractivity contribution in [1.82, 2.24) is 9.21 Å². The van der Waals surface area contributed by atoms with Crippen molar-refractivity contribution >= 4 is 26.0 Å².